The molecule has 150 valence electrons. The van der Waals surface area contributed by atoms with Crippen molar-refractivity contribution in [2.75, 3.05) is 13.7 Å². The number of amides is 1. The van der Waals surface area contributed by atoms with Crippen LogP contribution in [0, 0.1) is 5.92 Å². The summed E-state index contributed by atoms with van der Waals surface area (Å²) in [5.41, 5.74) is 0.144. The van der Waals surface area contributed by atoms with Crippen molar-refractivity contribution in [1.82, 2.24) is 14.9 Å². The summed E-state index contributed by atoms with van der Waals surface area (Å²) in [5.74, 6) is -1.82. The molecule has 0 spiro atoms. The molecule has 28 heavy (non-hydrogen) atoms. The van der Waals surface area contributed by atoms with E-state index in [2.05, 4.69) is 15.0 Å². The first-order chi connectivity index (χ1) is 13.3. The first-order valence-electron chi connectivity index (χ1n) is 8.78. The van der Waals surface area contributed by atoms with E-state index >= 15 is 0 Å². The van der Waals surface area contributed by atoms with Crippen LogP contribution in [0.3, 0.4) is 0 Å². The van der Waals surface area contributed by atoms with Crippen LogP contribution in [-0.4, -0.2) is 47.2 Å². The molecule has 1 aromatic carbocycles. The van der Waals surface area contributed by atoms with E-state index in [-0.39, 0.29) is 18.0 Å². The van der Waals surface area contributed by atoms with Crippen LogP contribution in [-0.2, 0) is 30.4 Å². The molecule has 0 unspecified atom stereocenters. The highest BCUT2D eigenvalue weighted by Gasteiger charge is 2.23. The van der Waals surface area contributed by atoms with E-state index in [4.69, 9.17) is 4.74 Å². The average Bonchev–Trinajstić information content (AvgIpc) is 2.67. The van der Waals surface area contributed by atoms with E-state index < -0.39 is 30.5 Å². The molecule has 1 heterocycles. The van der Waals surface area contributed by atoms with Gasteiger partial charge in [0.2, 0.25) is 0 Å². The van der Waals surface area contributed by atoms with E-state index in [0.717, 1.165) is 4.57 Å². The molecular weight excluding hydrogens is 366 g/mol. The molecule has 1 atom stereocenters. The summed E-state index contributed by atoms with van der Waals surface area (Å²) in [6.07, 6.45) is 1.65. The number of hydrogen-bond donors (Lipinski definition) is 1. The van der Waals surface area contributed by atoms with Gasteiger partial charge >= 0.3 is 11.9 Å². The van der Waals surface area contributed by atoms with Gasteiger partial charge in [0.05, 0.1) is 24.3 Å². The molecule has 9 nitrogen and oxygen atoms in total. The molecule has 0 bridgehead atoms. The highest BCUT2D eigenvalue weighted by molar-refractivity contribution is 5.86. The molecule has 2 rings (SSSR count). The van der Waals surface area contributed by atoms with E-state index in [1.54, 1.807) is 24.3 Å². The minimum atomic E-state index is -0.816. The van der Waals surface area contributed by atoms with Gasteiger partial charge in [0.15, 0.2) is 6.61 Å². The Morgan fingerprint density at radius 1 is 1.21 bits per heavy atom. The summed E-state index contributed by atoms with van der Waals surface area (Å²) >= 11 is 0. The van der Waals surface area contributed by atoms with Crippen molar-refractivity contribution in [3.05, 3.63) is 40.9 Å². The van der Waals surface area contributed by atoms with E-state index in [0.29, 0.717) is 17.3 Å². The van der Waals surface area contributed by atoms with Crippen molar-refractivity contribution in [2.24, 2.45) is 5.92 Å². The van der Waals surface area contributed by atoms with Crippen LogP contribution < -0.4 is 10.9 Å². The number of nitrogens with zero attached hydrogens (tertiary/aromatic N) is 2. The van der Waals surface area contributed by atoms with Crippen molar-refractivity contribution in [2.45, 2.75) is 32.9 Å². The Morgan fingerprint density at radius 3 is 2.61 bits per heavy atom. The predicted octanol–water partition coefficient (Wildman–Crippen LogP) is 0.644. The molecule has 0 aliphatic rings. The first-order valence-corrected chi connectivity index (χ1v) is 8.78. The van der Waals surface area contributed by atoms with E-state index in [1.165, 1.54) is 13.4 Å². The van der Waals surface area contributed by atoms with Gasteiger partial charge in [-0.25, -0.2) is 9.78 Å². The van der Waals surface area contributed by atoms with Crippen molar-refractivity contribution >= 4 is 28.7 Å². The van der Waals surface area contributed by atoms with Crippen molar-refractivity contribution in [1.29, 1.82) is 0 Å². The number of nitrogens with one attached hydrogen (secondary N) is 1. The van der Waals surface area contributed by atoms with Gasteiger partial charge in [-0.1, -0.05) is 26.0 Å². The number of methoxy groups -OCH3 is 1. The van der Waals surface area contributed by atoms with Gasteiger partial charge in [-0.2, -0.15) is 0 Å². The summed E-state index contributed by atoms with van der Waals surface area (Å²) in [6.45, 7) is 2.85. The average molecular weight is 389 g/mol. The van der Waals surface area contributed by atoms with Crippen molar-refractivity contribution in [3.8, 4) is 0 Å². The minimum absolute atomic E-state index is 0.152. The summed E-state index contributed by atoms with van der Waals surface area (Å²) in [4.78, 5) is 52.1. The third-order valence-electron chi connectivity index (χ3n) is 3.92. The normalized spacial score (nSPS) is 11.9. The molecule has 0 aliphatic carbocycles. The second kappa shape index (κ2) is 9.63. The molecule has 2 aromatic rings. The summed E-state index contributed by atoms with van der Waals surface area (Å²) < 4.78 is 10.7. The Hall–Kier alpha value is -3.23. The zero-order valence-electron chi connectivity index (χ0n) is 16.0. The zero-order chi connectivity index (χ0) is 20.7. The Labute approximate surface area is 161 Å². The number of esters is 2. The lowest BCUT2D eigenvalue weighted by Gasteiger charge is -2.18. The van der Waals surface area contributed by atoms with E-state index in [1.807, 2.05) is 13.8 Å². The van der Waals surface area contributed by atoms with Crippen molar-refractivity contribution in [3.63, 3.8) is 0 Å². The third-order valence-corrected chi connectivity index (χ3v) is 3.92. The maximum absolute atomic E-state index is 12.3. The number of rotatable bonds is 8. The predicted molar refractivity (Wildman–Crippen MR) is 100 cm³/mol. The third kappa shape index (κ3) is 5.63. The SMILES string of the molecule is COC(=O)[C@H](CC(C)C)NC(=O)COC(=O)Cn1cnc2ccccc2c1=O. The van der Waals surface area contributed by atoms with E-state index in [9.17, 15) is 19.2 Å². The number of ether oxygens (including phenoxy) is 2. The molecule has 1 N–H and O–H groups in total. The summed E-state index contributed by atoms with van der Waals surface area (Å²) in [7, 11) is 1.23. The first kappa shape index (κ1) is 21.1. The van der Waals surface area contributed by atoms with Gasteiger partial charge in [-0.3, -0.25) is 19.0 Å². The van der Waals surface area contributed by atoms with Crippen LogP contribution in [0.15, 0.2) is 35.4 Å². The lowest BCUT2D eigenvalue weighted by Crippen LogP contribution is -2.44. The number of aromatic nitrogens is 2. The Balaban J connectivity index is 1.93. The topological polar surface area (TPSA) is 117 Å². The fourth-order valence-corrected chi connectivity index (χ4v) is 2.61. The van der Waals surface area contributed by atoms with Gasteiger partial charge in [0.1, 0.15) is 12.6 Å². The monoisotopic (exact) mass is 389 g/mol. The maximum Gasteiger partial charge on any atom is 0.328 e. The number of carbonyl (C=O) groups excluding carboxylic acids is 3. The number of carbonyl (C=O) groups is 3. The summed E-state index contributed by atoms with van der Waals surface area (Å²) in [5, 5.41) is 2.86. The highest BCUT2D eigenvalue weighted by atomic mass is 16.5. The molecule has 1 aromatic heterocycles. The van der Waals surface area contributed by atoms with Crippen LogP contribution in [0.5, 0.6) is 0 Å². The second-order valence-electron chi connectivity index (χ2n) is 6.63. The molecule has 1 amide bonds. The van der Waals surface area contributed by atoms with Crippen LogP contribution in [0.4, 0.5) is 0 Å². The fraction of sp³-hybridized carbons (Fsp3) is 0.421. The lowest BCUT2D eigenvalue weighted by molar-refractivity contribution is -0.151. The molecule has 0 radical (unpaired) electrons. The van der Waals surface area contributed by atoms with Crippen LogP contribution in [0.2, 0.25) is 0 Å². The maximum atomic E-state index is 12.3. The number of benzene rings is 1. The minimum Gasteiger partial charge on any atom is -0.467 e. The Morgan fingerprint density at radius 2 is 1.93 bits per heavy atom. The second-order valence-corrected chi connectivity index (χ2v) is 6.63. The largest absolute Gasteiger partial charge is 0.467 e. The van der Waals surface area contributed by atoms with Crippen LogP contribution >= 0.6 is 0 Å². The smallest absolute Gasteiger partial charge is 0.328 e. The quantitative estimate of drug-likeness (QED) is 0.659. The standard InChI is InChI=1S/C19H23N3O6/c1-12(2)8-15(19(26)27-3)21-16(23)10-28-17(24)9-22-11-20-14-7-5-4-6-13(14)18(22)25/h4-7,11-12,15H,8-10H2,1-3H3,(H,21,23)/t15-/m0/s1. The van der Waals surface area contributed by atoms with Crippen LogP contribution in [0.25, 0.3) is 10.9 Å². The molecule has 0 saturated heterocycles. The molecule has 9 heteroatoms. The summed E-state index contributed by atoms with van der Waals surface area (Å²) in [6, 6.07) is 5.95. The van der Waals surface area contributed by atoms with Gasteiger partial charge < -0.3 is 14.8 Å². The van der Waals surface area contributed by atoms with Gasteiger partial charge in [-0.05, 0) is 24.5 Å². The molecule has 0 aliphatic heterocycles. The van der Waals surface area contributed by atoms with Gasteiger partial charge in [0.25, 0.3) is 11.5 Å². The number of hydrogen-bond acceptors (Lipinski definition) is 7. The number of para-hydroxylation sites is 1. The molecular formula is C19H23N3O6. The Bertz CT molecular complexity index is 921. The number of fused-ring (bicyclic) bond motifs is 1. The van der Waals surface area contributed by atoms with Gasteiger partial charge in [-0.15, -0.1) is 0 Å². The Kier molecular flexibility index (Phi) is 7.25. The zero-order valence-corrected chi connectivity index (χ0v) is 16.0. The lowest BCUT2D eigenvalue weighted by atomic mass is 10.0. The fourth-order valence-electron chi connectivity index (χ4n) is 2.61. The van der Waals surface area contributed by atoms with Crippen LogP contribution in [0.1, 0.15) is 20.3 Å². The molecule has 0 fully saturated rings. The highest BCUT2D eigenvalue weighted by Crippen LogP contribution is 2.06. The van der Waals surface area contributed by atoms with Gasteiger partial charge in [0, 0.05) is 0 Å². The van der Waals surface area contributed by atoms with Crippen molar-refractivity contribution < 1.29 is 23.9 Å². The molecule has 0 saturated carbocycles.